The molecule has 1 heterocycles. The van der Waals surface area contributed by atoms with Crippen LogP contribution < -0.4 is 0 Å². The Kier molecular flexibility index (Phi) is 2.45. The van der Waals surface area contributed by atoms with Crippen LogP contribution in [0.1, 0.15) is 29.5 Å². The number of aliphatic hydroxyl groups is 1. The first-order valence-corrected chi connectivity index (χ1v) is 6.02. The molecule has 2 heteroatoms. The Hall–Kier alpha value is -1.67. The van der Waals surface area contributed by atoms with Crippen molar-refractivity contribution in [3.8, 4) is 0 Å². The molecule has 0 radical (unpaired) electrons. The monoisotopic (exact) mass is 225 g/mol. The van der Waals surface area contributed by atoms with Gasteiger partial charge in [0.25, 0.3) is 0 Å². The van der Waals surface area contributed by atoms with E-state index in [9.17, 15) is 5.11 Å². The summed E-state index contributed by atoms with van der Waals surface area (Å²) in [4.78, 5) is 4.02. The molecule has 86 valence electrons. The summed E-state index contributed by atoms with van der Waals surface area (Å²) in [7, 11) is 0. The Morgan fingerprint density at radius 1 is 1.06 bits per heavy atom. The van der Waals surface area contributed by atoms with Crippen molar-refractivity contribution in [2.24, 2.45) is 0 Å². The molecule has 1 N–H and O–H groups in total. The van der Waals surface area contributed by atoms with E-state index < -0.39 is 5.60 Å². The lowest BCUT2D eigenvalue weighted by atomic mass is 9.75. The van der Waals surface area contributed by atoms with E-state index in [4.69, 9.17) is 0 Å². The van der Waals surface area contributed by atoms with Crippen LogP contribution in [-0.2, 0) is 12.0 Å². The molecule has 2 nitrogen and oxygen atoms in total. The fourth-order valence-corrected chi connectivity index (χ4v) is 2.74. The minimum Gasteiger partial charge on any atom is -0.380 e. The third kappa shape index (κ3) is 1.65. The molecule has 1 unspecified atom stereocenters. The van der Waals surface area contributed by atoms with Crippen LogP contribution in [0.5, 0.6) is 0 Å². The SMILES string of the molecule is OC1(c2ccncc2)CCCc2ccccc21. The van der Waals surface area contributed by atoms with Gasteiger partial charge in [-0.25, -0.2) is 0 Å². The highest BCUT2D eigenvalue weighted by Gasteiger charge is 2.35. The summed E-state index contributed by atoms with van der Waals surface area (Å²) in [6.45, 7) is 0. The number of fused-ring (bicyclic) bond motifs is 1. The van der Waals surface area contributed by atoms with E-state index in [0.717, 1.165) is 30.4 Å². The molecule has 0 saturated heterocycles. The lowest BCUT2D eigenvalue weighted by Crippen LogP contribution is -2.31. The maximum atomic E-state index is 11.0. The maximum Gasteiger partial charge on any atom is 0.115 e. The second kappa shape index (κ2) is 3.97. The molecule has 3 rings (SSSR count). The second-order valence-corrected chi connectivity index (χ2v) is 4.61. The summed E-state index contributed by atoms with van der Waals surface area (Å²) in [6.07, 6.45) is 6.35. The zero-order valence-electron chi connectivity index (χ0n) is 9.63. The number of benzene rings is 1. The average Bonchev–Trinajstić information content (AvgIpc) is 2.40. The standard InChI is InChI=1S/C15H15NO/c17-15(13-7-10-16-11-8-13)9-3-5-12-4-1-2-6-14(12)15/h1-2,4,6-8,10-11,17H,3,5,9H2. The molecule has 0 saturated carbocycles. The predicted octanol–water partition coefficient (Wildman–Crippen LogP) is 2.65. The van der Waals surface area contributed by atoms with Crippen molar-refractivity contribution in [3.63, 3.8) is 0 Å². The van der Waals surface area contributed by atoms with E-state index in [1.165, 1.54) is 5.56 Å². The van der Waals surface area contributed by atoms with E-state index in [1.54, 1.807) is 12.4 Å². The molecular weight excluding hydrogens is 210 g/mol. The van der Waals surface area contributed by atoms with E-state index in [-0.39, 0.29) is 0 Å². The number of aromatic nitrogens is 1. The first kappa shape index (κ1) is 10.5. The van der Waals surface area contributed by atoms with Gasteiger partial charge in [0.2, 0.25) is 0 Å². The van der Waals surface area contributed by atoms with Gasteiger partial charge in [0.05, 0.1) is 0 Å². The van der Waals surface area contributed by atoms with Crippen LogP contribution in [0.15, 0.2) is 48.8 Å². The molecule has 1 aliphatic rings. The number of nitrogens with zero attached hydrogens (tertiary/aromatic N) is 1. The average molecular weight is 225 g/mol. The molecule has 17 heavy (non-hydrogen) atoms. The Balaban J connectivity index is 2.16. The van der Waals surface area contributed by atoms with E-state index in [1.807, 2.05) is 30.3 Å². The molecule has 0 bridgehead atoms. The number of pyridine rings is 1. The predicted molar refractivity (Wildman–Crippen MR) is 66.6 cm³/mol. The third-order valence-corrected chi connectivity index (χ3v) is 3.61. The van der Waals surface area contributed by atoms with Gasteiger partial charge in [0.15, 0.2) is 0 Å². The number of aryl methyl sites for hydroxylation is 1. The summed E-state index contributed by atoms with van der Waals surface area (Å²) in [6, 6.07) is 12.0. The van der Waals surface area contributed by atoms with Gasteiger partial charge in [-0.15, -0.1) is 0 Å². The van der Waals surface area contributed by atoms with E-state index in [2.05, 4.69) is 11.1 Å². The highest BCUT2D eigenvalue weighted by molar-refractivity contribution is 5.42. The fraction of sp³-hybridized carbons (Fsp3) is 0.267. The minimum atomic E-state index is -0.836. The van der Waals surface area contributed by atoms with E-state index >= 15 is 0 Å². The van der Waals surface area contributed by atoms with Crippen molar-refractivity contribution >= 4 is 0 Å². The van der Waals surface area contributed by atoms with Crippen molar-refractivity contribution in [2.45, 2.75) is 24.9 Å². The summed E-state index contributed by atoms with van der Waals surface area (Å²) in [5.74, 6) is 0. The van der Waals surface area contributed by atoms with E-state index in [0.29, 0.717) is 0 Å². The molecule has 0 aliphatic heterocycles. The highest BCUT2D eigenvalue weighted by atomic mass is 16.3. The first-order valence-electron chi connectivity index (χ1n) is 6.02. The molecule has 1 aromatic heterocycles. The van der Waals surface area contributed by atoms with Crippen molar-refractivity contribution in [2.75, 3.05) is 0 Å². The van der Waals surface area contributed by atoms with Crippen molar-refractivity contribution in [1.82, 2.24) is 4.98 Å². The normalized spacial score (nSPS) is 23.1. The lowest BCUT2D eigenvalue weighted by molar-refractivity contribution is 0.0615. The maximum absolute atomic E-state index is 11.0. The summed E-state index contributed by atoms with van der Waals surface area (Å²) in [5.41, 5.74) is 2.42. The molecule has 0 spiro atoms. The number of rotatable bonds is 1. The number of hydrogen-bond acceptors (Lipinski definition) is 2. The van der Waals surface area contributed by atoms with Crippen LogP contribution in [0.3, 0.4) is 0 Å². The first-order chi connectivity index (χ1) is 8.31. The van der Waals surface area contributed by atoms with Gasteiger partial charge in [-0.05, 0) is 48.1 Å². The van der Waals surface area contributed by atoms with Gasteiger partial charge in [-0.1, -0.05) is 24.3 Å². The summed E-state index contributed by atoms with van der Waals surface area (Å²) in [5, 5.41) is 11.0. The van der Waals surface area contributed by atoms with Gasteiger partial charge in [0.1, 0.15) is 5.60 Å². The molecule has 1 atom stereocenters. The van der Waals surface area contributed by atoms with Gasteiger partial charge >= 0.3 is 0 Å². The fourth-order valence-electron chi connectivity index (χ4n) is 2.74. The molecular formula is C15H15NO. The summed E-state index contributed by atoms with van der Waals surface area (Å²) < 4.78 is 0. The summed E-state index contributed by atoms with van der Waals surface area (Å²) >= 11 is 0. The third-order valence-electron chi connectivity index (χ3n) is 3.61. The molecule has 1 aromatic carbocycles. The zero-order chi connectivity index (χ0) is 11.7. The van der Waals surface area contributed by atoms with Gasteiger partial charge in [-0.3, -0.25) is 4.98 Å². The van der Waals surface area contributed by atoms with Crippen LogP contribution >= 0.6 is 0 Å². The molecule has 2 aromatic rings. The Morgan fingerprint density at radius 3 is 2.65 bits per heavy atom. The van der Waals surface area contributed by atoms with Crippen LogP contribution in [0, 0.1) is 0 Å². The Bertz CT molecular complexity index is 523. The van der Waals surface area contributed by atoms with Crippen LogP contribution in [0.2, 0.25) is 0 Å². The van der Waals surface area contributed by atoms with Crippen molar-refractivity contribution < 1.29 is 5.11 Å². The smallest absolute Gasteiger partial charge is 0.115 e. The highest BCUT2D eigenvalue weighted by Crippen LogP contribution is 2.39. The molecule has 1 aliphatic carbocycles. The van der Waals surface area contributed by atoms with Gasteiger partial charge in [0, 0.05) is 12.4 Å². The zero-order valence-corrected chi connectivity index (χ0v) is 9.63. The molecule has 0 fully saturated rings. The van der Waals surface area contributed by atoms with Crippen LogP contribution in [0.4, 0.5) is 0 Å². The topological polar surface area (TPSA) is 33.1 Å². The van der Waals surface area contributed by atoms with Crippen LogP contribution in [0.25, 0.3) is 0 Å². The minimum absolute atomic E-state index is 0.786. The number of hydrogen-bond donors (Lipinski definition) is 1. The Morgan fingerprint density at radius 2 is 1.82 bits per heavy atom. The van der Waals surface area contributed by atoms with Crippen molar-refractivity contribution in [3.05, 3.63) is 65.5 Å². The van der Waals surface area contributed by atoms with Gasteiger partial charge < -0.3 is 5.11 Å². The van der Waals surface area contributed by atoms with Crippen LogP contribution in [-0.4, -0.2) is 10.1 Å². The van der Waals surface area contributed by atoms with Crippen molar-refractivity contribution in [1.29, 1.82) is 0 Å². The Labute approximate surface area is 101 Å². The molecule has 0 amide bonds. The quantitative estimate of drug-likeness (QED) is 0.809. The lowest BCUT2D eigenvalue weighted by Gasteiger charge is -2.34. The van der Waals surface area contributed by atoms with Gasteiger partial charge in [-0.2, -0.15) is 0 Å². The largest absolute Gasteiger partial charge is 0.380 e. The second-order valence-electron chi connectivity index (χ2n) is 4.61.